The van der Waals surface area contributed by atoms with Crippen molar-refractivity contribution in [3.63, 3.8) is 0 Å². The van der Waals surface area contributed by atoms with Crippen molar-refractivity contribution in [3.8, 4) is 0 Å². The van der Waals surface area contributed by atoms with Gasteiger partial charge in [0.1, 0.15) is 0 Å². The first-order chi connectivity index (χ1) is 8.06. The van der Waals surface area contributed by atoms with Crippen LogP contribution in [0.3, 0.4) is 0 Å². The summed E-state index contributed by atoms with van der Waals surface area (Å²) in [6.45, 7) is 10.5. The molecule has 0 aliphatic rings. The van der Waals surface area contributed by atoms with Crippen molar-refractivity contribution in [2.75, 3.05) is 26.4 Å². The van der Waals surface area contributed by atoms with E-state index in [9.17, 15) is 0 Å². The number of aliphatic hydroxyl groups excluding tert-OH is 1. The summed E-state index contributed by atoms with van der Waals surface area (Å²) in [6, 6.07) is 0. The minimum atomic E-state index is -0.0439. The Balaban J connectivity index is 3.86. The second-order valence-electron chi connectivity index (χ2n) is 5.11. The molecule has 3 heteroatoms. The highest BCUT2D eigenvalue weighted by Gasteiger charge is 2.28. The zero-order valence-electron chi connectivity index (χ0n) is 12.0. The van der Waals surface area contributed by atoms with Crippen molar-refractivity contribution in [3.05, 3.63) is 0 Å². The number of rotatable bonds is 11. The van der Waals surface area contributed by atoms with Crippen molar-refractivity contribution < 1.29 is 14.6 Å². The number of aliphatic hydroxyl groups is 1. The standard InChI is InChI=1S/C14H30O3/c1-5-6-7-8-14(4,13(2)3)17-12-11-16-10-9-15/h13,15H,5-12H2,1-4H3. The van der Waals surface area contributed by atoms with E-state index in [0.717, 1.165) is 6.42 Å². The quantitative estimate of drug-likeness (QED) is 0.570. The predicted molar refractivity (Wildman–Crippen MR) is 71.2 cm³/mol. The van der Waals surface area contributed by atoms with Gasteiger partial charge in [0.05, 0.1) is 32.0 Å². The molecular weight excluding hydrogens is 216 g/mol. The molecule has 0 aliphatic heterocycles. The van der Waals surface area contributed by atoms with Gasteiger partial charge in [-0.15, -0.1) is 0 Å². The van der Waals surface area contributed by atoms with E-state index in [1.54, 1.807) is 0 Å². The molecule has 0 rings (SSSR count). The van der Waals surface area contributed by atoms with E-state index < -0.39 is 0 Å². The third kappa shape index (κ3) is 7.74. The van der Waals surface area contributed by atoms with Crippen LogP contribution in [0.2, 0.25) is 0 Å². The van der Waals surface area contributed by atoms with Crippen LogP contribution in [-0.2, 0) is 9.47 Å². The fourth-order valence-corrected chi connectivity index (χ4v) is 1.75. The van der Waals surface area contributed by atoms with Crippen molar-refractivity contribution in [2.45, 2.75) is 59.0 Å². The van der Waals surface area contributed by atoms with E-state index in [2.05, 4.69) is 27.7 Å². The van der Waals surface area contributed by atoms with Gasteiger partial charge in [-0.05, 0) is 19.3 Å². The molecule has 104 valence electrons. The summed E-state index contributed by atoms with van der Waals surface area (Å²) >= 11 is 0. The minimum Gasteiger partial charge on any atom is -0.394 e. The molecule has 0 bridgehead atoms. The lowest BCUT2D eigenvalue weighted by atomic mass is 9.87. The van der Waals surface area contributed by atoms with Gasteiger partial charge < -0.3 is 14.6 Å². The smallest absolute Gasteiger partial charge is 0.0708 e. The average Bonchev–Trinajstić information content (AvgIpc) is 2.29. The van der Waals surface area contributed by atoms with E-state index in [-0.39, 0.29) is 12.2 Å². The highest BCUT2D eigenvalue weighted by Crippen LogP contribution is 2.27. The van der Waals surface area contributed by atoms with E-state index in [1.807, 2.05) is 0 Å². The first-order valence-electron chi connectivity index (χ1n) is 6.89. The van der Waals surface area contributed by atoms with Gasteiger partial charge in [0.2, 0.25) is 0 Å². The van der Waals surface area contributed by atoms with E-state index in [0.29, 0.717) is 25.7 Å². The SMILES string of the molecule is CCCCCC(C)(OCCOCCO)C(C)C. The van der Waals surface area contributed by atoms with Crippen LogP contribution in [0.5, 0.6) is 0 Å². The van der Waals surface area contributed by atoms with E-state index in [4.69, 9.17) is 14.6 Å². The molecule has 1 N–H and O–H groups in total. The third-order valence-corrected chi connectivity index (χ3v) is 3.39. The maximum absolute atomic E-state index is 8.59. The lowest BCUT2D eigenvalue weighted by Crippen LogP contribution is -2.36. The molecule has 0 amide bonds. The molecular formula is C14H30O3. The molecule has 0 spiro atoms. The summed E-state index contributed by atoms with van der Waals surface area (Å²) < 4.78 is 11.2. The Kier molecular flexibility index (Phi) is 9.79. The van der Waals surface area contributed by atoms with Crippen molar-refractivity contribution >= 4 is 0 Å². The average molecular weight is 246 g/mol. The number of ether oxygens (including phenoxy) is 2. The first-order valence-corrected chi connectivity index (χ1v) is 6.89. The molecule has 0 fully saturated rings. The molecule has 17 heavy (non-hydrogen) atoms. The van der Waals surface area contributed by atoms with Gasteiger partial charge in [-0.2, -0.15) is 0 Å². The molecule has 0 saturated carbocycles. The Morgan fingerprint density at radius 3 is 2.35 bits per heavy atom. The molecule has 0 saturated heterocycles. The van der Waals surface area contributed by atoms with Gasteiger partial charge in [-0.25, -0.2) is 0 Å². The van der Waals surface area contributed by atoms with Crippen LogP contribution >= 0.6 is 0 Å². The minimum absolute atomic E-state index is 0.0439. The summed E-state index contributed by atoms with van der Waals surface area (Å²) in [7, 11) is 0. The van der Waals surface area contributed by atoms with Crippen LogP contribution in [-0.4, -0.2) is 37.1 Å². The maximum Gasteiger partial charge on any atom is 0.0708 e. The van der Waals surface area contributed by atoms with Crippen LogP contribution in [0.25, 0.3) is 0 Å². The summed E-state index contributed by atoms with van der Waals surface area (Å²) in [5, 5.41) is 8.59. The Labute approximate surface area is 107 Å². The topological polar surface area (TPSA) is 38.7 Å². The number of unbranched alkanes of at least 4 members (excludes halogenated alkanes) is 2. The molecule has 0 aliphatic carbocycles. The second-order valence-corrected chi connectivity index (χ2v) is 5.11. The highest BCUT2D eigenvalue weighted by molar-refractivity contribution is 4.78. The molecule has 0 radical (unpaired) electrons. The Hall–Kier alpha value is -0.120. The molecule has 1 atom stereocenters. The summed E-state index contributed by atoms with van der Waals surface area (Å²) in [6.07, 6.45) is 4.85. The van der Waals surface area contributed by atoms with Gasteiger partial charge in [0, 0.05) is 0 Å². The number of hydrogen-bond donors (Lipinski definition) is 1. The van der Waals surface area contributed by atoms with E-state index in [1.165, 1.54) is 19.3 Å². The summed E-state index contributed by atoms with van der Waals surface area (Å²) in [5.74, 6) is 0.511. The molecule has 0 aromatic heterocycles. The Bertz CT molecular complexity index is 171. The highest BCUT2D eigenvalue weighted by atomic mass is 16.5. The van der Waals surface area contributed by atoms with Gasteiger partial charge >= 0.3 is 0 Å². The summed E-state index contributed by atoms with van der Waals surface area (Å²) in [4.78, 5) is 0. The monoisotopic (exact) mass is 246 g/mol. The lowest BCUT2D eigenvalue weighted by molar-refractivity contribution is -0.0905. The third-order valence-electron chi connectivity index (χ3n) is 3.39. The van der Waals surface area contributed by atoms with Crippen LogP contribution < -0.4 is 0 Å². The zero-order chi connectivity index (χ0) is 13.1. The lowest BCUT2D eigenvalue weighted by Gasteiger charge is -2.34. The van der Waals surface area contributed by atoms with Gasteiger partial charge in [0.25, 0.3) is 0 Å². The summed E-state index contributed by atoms with van der Waals surface area (Å²) in [5.41, 5.74) is -0.0439. The molecule has 3 nitrogen and oxygen atoms in total. The maximum atomic E-state index is 8.59. The molecule has 0 heterocycles. The zero-order valence-corrected chi connectivity index (χ0v) is 12.0. The molecule has 1 unspecified atom stereocenters. The predicted octanol–water partition coefficient (Wildman–Crippen LogP) is 3.01. The number of hydrogen-bond acceptors (Lipinski definition) is 3. The molecule has 0 aromatic rings. The van der Waals surface area contributed by atoms with Crippen molar-refractivity contribution in [1.82, 2.24) is 0 Å². The fraction of sp³-hybridized carbons (Fsp3) is 1.00. The van der Waals surface area contributed by atoms with Crippen LogP contribution in [0.1, 0.15) is 53.4 Å². The molecule has 0 aromatic carbocycles. The van der Waals surface area contributed by atoms with Crippen molar-refractivity contribution in [1.29, 1.82) is 0 Å². The van der Waals surface area contributed by atoms with Gasteiger partial charge in [-0.3, -0.25) is 0 Å². The first kappa shape index (κ1) is 16.9. The second kappa shape index (κ2) is 9.86. The normalized spacial score (nSPS) is 15.2. The van der Waals surface area contributed by atoms with Crippen LogP contribution in [0.15, 0.2) is 0 Å². The van der Waals surface area contributed by atoms with Crippen molar-refractivity contribution in [2.24, 2.45) is 5.92 Å². The van der Waals surface area contributed by atoms with Gasteiger partial charge in [-0.1, -0.05) is 40.0 Å². The van der Waals surface area contributed by atoms with Crippen LogP contribution in [0, 0.1) is 5.92 Å². The fourth-order valence-electron chi connectivity index (χ4n) is 1.75. The Morgan fingerprint density at radius 1 is 1.12 bits per heavy atom. The largest absolute Gasteiger partial charge is 0.394 e. The van der Waals surface area contributed by atoms with E-state index >= 15 is 0 Å². The van der Waals surface area contributed by atoms with Crippen LogP contribution in [0.4, 0.5) is 0 Å². The Morgan fingerprint density at radius 2 is 1.82 bits per heavy atom. The van der Waals surface area contributed by atoms with Gasteiger partial charge in [0.15, 0.2) is 0 Å².